The van der Waals surface area contributed by atoms with E-state index in [1.54, 1.807) is 31.6 Å². The van der Waals surface area contributed by atoms with Crippen molar-refractivity contribution in [3.05, 3.63) is 40.1 Å². The molecule has 0 saturated carbocycles. The number of pyridine rings is 1. The number of aryl methyl sites for hydroxylation is 1. The van der Waals surface area contributed by atoms with Crippen molar-refractivity contribution in [1.29, 1.82) is 0 Å². The molecular weight excluding hydrogens is 224 g/mol. The van der Waals surface area contributed by atoms with Crippen LogP contribution in [0.15, 0.2) is 24.5 Å². The molecular formula is C11H12N2O2S. The van der Waals surface area contributed by atoms with Crippen molar-refractivity contribution in [2.24, 2.45) is 0 Å². The molecule has 0 aromatic carbocycles. The van der Waals surface area contributed by atoms with Crippen LogP contribution in [0.1, 0.15) is 21.7 Å². The molecule has 0 aliphatic carbocycles. The van der Waals surface area contributed by atoms with Gasteiger partial charge in [-0.1, -0.05) is 0 Å². The molecule has 0 aliphatic rings. The van der Waals surface area contributed by atoms with Crippen LogP contribution >= 0.6 is 11.3 Å². The number of hydrogen-bond acceptors (Lipinski definition) is 5. The van der Waals surface area contributed by atoms with E-state index in [2.05, 4.69) is 9.97 Å². The van der Waals surface area contributed by atoms with E-state index in [0.29, 0.717) is 11.4 Å². The number of ether oxygens (including phenoxy) is 1. The molecule has 0 radical (unpaired) electrons. The zero-order valence-corrected chi connectivity index (χ0v) is 9.86. The summed E-state index contributed by atoms with van der Waals surface area (Å²) in [4.78, 5) is 9.02. The van der Waals surface area contributed by atoms with Gasteiger partial charge in [0.2, 0.25) is 0 Å². The van der Waals surface area contributed by atoms with E-state index in [9.17, 15) is 5.11 Å². The Balaban J connectivity index is 2.36. The lowest BCUT2D eigenvalue weighted by Gasteiger charge is -2.11. The van der Waals surface area contributed by atoms with Crippen molar-refractivity contribution in [2.75, 3.05) is 7.11 Å². The summed E-state index contributed by atoms with van der Waals surface area (Å²) in [6, 6.07) is 3.55. The number of aliphatic hydroxyl groups excluding tert-OH is 1. The lowest BCUT2D eigenvalue weighted by atomic mass is 10.2. The van der Waals surface area contributed by atoms with Crippen LogP contribution in [0.25, 0.3) is 0 Å². The van der Waals surface area contributed by atoms with E-state index in [0.717, 1.165) is 9.88 Å². The molecule has 2 rings (SSSR count). The van der Waals surface area contributed by atoms with Gasteiger partial charge in [-0.05, 0) is 19.1 Å². The normalized spacial score (nSPS) is 12.4. The minimum Gasteiger partial charge on any atom is -0.495 e. The average molecular weight is 236 g/mol. The molecule has 1 N–H and O–H groups in total. The van der Waals surface area contributed by atoms with E-state index >= 15 is 0 Å². The van der Waals surface area contributed by atoms with Crippen LogP contribution in [-0.2, 0) is 0 Å². The monoisotopic (exact) mass is 236 g/mol. The van der Waals surface area contributed by atoms with Crippen LogP contribution in [-0.4, -0.2) is 22.2 Å². The molecule has 2 aromatic heterocycles. The van der Waals surface area contributed by atoms with Crippen LogP contribution in [0.4, 0.5) is 0 Å². The predicted molar refractivity (Wildman–Crippen MR) is 61.7 cm³/mol. The number of nitrogens with zero attached hydrogens (tertiary/aromatic N) is 2. The zero-order valence-electron chi connectivity index (χ0n) is 9.04. The quantitative estimate of drug-likeness (QED) is 0.884. The van der Waals surface area contributed by atoms with Gasteiger partial charge in [0.05, 0.1) is 17.0 Å². The van der Waals surface area contributed by atoms with Gasteiger partial charge in [-0.15, -0.1) is 11.3 Å². The first-order valence-electron chi connectivity index (χ1n) is 4.81. The summed E-state index contributed by atoms with van der Waals surface area (Å²) < 4.78 is 5.16. The summed E-state index contributed by atoms with van der Waals surface area (Å²) in [5, 5.41) is 11.1. The van der Waals surface area contributed by atoms with Gasteiger partial charge in [0.1, 0.15) is 17.5 Å². The maximum atomic E-state index is 10.1. The minimum absolute atomic E-state index is 0.522. The SMILES string of the molecule is COc1cccnc1C(O)c1cnc(C)s1. The van der Waals surface area contributed by atoms with Crippen LogP contribution in [0, 0.1) is 6.92 Å². The van der Waals surface area contributed by atoms with E-state index < -0.39 is 6.10 Å². The van der Waals surface area contributed by atoms with E-state index in [4.69, 9.17) is 4.74 Å². The van der Waals surface area contributed by atoms with Gasteiger partial charge in [0, 0.05) is 12.4 Å². The van der Waals surface area contributed by atoms with Crippen molar-refractivity contribution in [2.45, 2.75) is 13.0 Å². The predicted octanol–water partition coefficient (Wildman–Crippen LogP) is 1.94. The zero-order chi connectivity index (χ0) is 11.5. The standard InChI is InChI=1S/C11H12N2O2S/c1-7-13-6-9(16-7)11(14)10-8(15-2)4-3-5-12-10/h3-6,11,14H,1-2H3. The first-order chi connectivity index (χ1) is 7.72. The molecule has 0 bridgehead atoms. The number of hydrogen-bond donors (Lipinski definition) is 1. The van der Waals surface area contributed by atoms with Crippen LogP contribution in [0.3, 0.4) is 0 Å². The van der Waals surface area contributed by atoms with E-state index in [1.165, 1.54) is 11.3 Å². The fourth-order valence-corrected chi connectivity index (χ4v) is 2.19. The topological polar surface area (TPSA) is 55.2 Å². The molecule has 0 saturated heterocycles. The third kappa shape index (κ3) is 2.05. The second-order valence-electron chi connectivity index (χ2n) is 3.28. The second-order valence-corrected chi connectivity index (χ2v) is 4.54. The third-order valence-corrected chi connectivity index (χ3v) is 3.15. The van der Waals surface area contributed by atoms with Gasteiger partial charge in [0.25, 0.3) is 0 Å². The highest BCUT2D eigenvalue weighted by Crippen LogP contribution is 2.30. The maximum absolute atomic E-state index is 10.1. The highest BCUT2D eigenvalue weighted by atomic mass is 32.1. The number of aromatic nitrogens is 2. The van der Waals surface area contributed by atoms with Gasteiger partial charge in [-0.3, -0.25) is 4.98 Å². The fraction of sp³-hybridized carbons (Fsp3) is 0.273. The molecule has 0 fully saturated rings. The van der Waals surface area contributed by atoms with Crippen LogP contribution < -0.4 is 4.74 Å². The summed E-state index contributed by atoms with van der Waals surface area (Å²) >= 11 is 1.45. The third-order valence-electron chi connectivity index (χ3n) is 2.19. The summed E-state index contributed by atoms with van der Waals surface area (Å²) in [5.74, 6) is 0.584. The Morgan fingerprint density at radius 3 is 2.88 bits per heavy atom. The Labute approximate surface area is 97.6 Å². The summed E-state index contributed by atoms with van der Waals surface area (Å²) in [6.07, 6.45) is 2.52. The first-order valence-corrected chi connectivity index (χ1v) is 5.63. The smallest absolute Gasteiger partial charge is 0.143 e. The highest BCUT2D eigenvalue weighted by Gasteiger charge is 2.18. The minimum atomic E-state index is -0.776. The number of rotatable bonds is 3. The molecule has 2 aromatic rings. The van der Waals surface area contributed by atoms with Crippen molar-refractivity contribution < 1.29 is 9.84 Å². The summed E-state index contributed by atoms with van der Waals surface area (Å²) in [6.45, 7) is 1.90. The van der Waals surface area contributed by atoms with Gasteiger partial charge in [0.15, 0.2) is 0 Å². The molecule has 1 atom stereocenters. The van der Waals surface area contributed by atoms with E-state index in [-0.39, 0.29) is 0 Å². The molecule has 16 heavy (non-hydrogen) atoms. The van der Waals surface area contributed by atoms with Crippen molar-refractivity contribution >= 4 is 11.3 Å². The highest BCUT2D eigenvalue weighted by molar-refractivity contribution is 7.11. The maximum Gasteiger partial charge on any atom is 0.143 e. The Hall–Kier alpha value is -1.46. The van der Waals surface area contributed by atoms with Crippen LogP contribution in [0.2, 0.25) is 0 Å². The lowest BCUT2D eigenvalue weighted by molar-refractivity contribution is 0.212. The molecule has 5 heteroatoms. The molecule has 2 heterocycles. The first kappa shape index (κ1) is 11.0. The lowest BCUT2D eigenvalue weighted by Crippen LogP contribution is -2.03. The molecule has 84 valence electrons. The summed E-state index contributed by atoms with van der Waals surface area (Å²) in [5.41, 5.74) is 0.522. The second kappa shape index (κ2) is 4.59. The number of aliphatic hydroxyl groups is 1. The molecule has 4 nitrogen and oxygen atoms in total. The largest absolute Gasteiger partial charge is 0.495 e. The fourth-order valence-electron chi connectivity index (χ4n) is 1.42. The Morgan fingerprint density at radius 2 is 2.25 bits per heavy atom. The van der Waals surface area contributed by atoms with E-state index in [1.807, 2.05) is 6.92 Å². The van der Waals surface area contributed by atoms with Crippen molar-refractivity contribution in [3.63, 3.8) is 0 Å². The number of thiazole rings is 1. The van der Waals surface area contributed by atoms with Gasteiger partial charge >= 0.3 is 0 Å². The number of methoxy groups -OCH3 is 1. The van der Waals surface area contributed by atoms with Gasteiger partial charge in [-0.2, -0.15) is 0 Å². The summed E-state index contributed by atoms with van der Waals surface area (Å²) in [7, 11) is 1.56. The van der Waals surface area contributed by atoms with Gasteiger partial charge in [-0.25, -0.2) is 4.98 Å². The molecule has 1 unspecified atom stereocenters. The van der Waals surface area contributed by atoms with Crippen LogP contribution in [0.5, 0.6) is 5.75 Å². The molecule has 0 amide bonds. The molecule has 0 spiro atoms. The van der Waals surface area contributed by atoms with Crippen molar-refractivity contribution in [3.8, 4) is 5.75 Å². The van der Waals surface area contributed by atoms with Gasteiger partial charge < -0.3 is 9.84 Å². The Bertz CT molecular complexity index is 484. The Kier molecular flexibility index (Phi) is 3.17. The Morgan fingerprint density at radius 1 is 1.44 bits per heavy atom. The van der Waals surface area contributed by atoms with Crippen molar-refractivity contribution in [1.82, 2.24) is 9.97 Å². The molecule has 0 aliphatic heterocycles. The average Bonchev–Trinajstić information content (AvgIpc) is 2.75.